The molecule has 1 unspecified atom stereocenters. The molecule has 0 aromatic heterocycles. The van der Waals surface area contributed by atoms with Gasteiger partial charge in [-0.05, 0) is 37.1 Å². The highest BCUT2D eigenvalue weighted by Gasteiger charge is 2.62. The van der Waals surface area contributed by atoms with Gasteiger partial charge in [0, 0.05) is 81.6 Å². The van der Waals surface area contributed by atoms with Gasteiger partial charge in [-0.1, -0.05) is 42.4 Å². The summed E-state index contributed by atoms with van der Waals surface area (Å²) in [4.78, 5) is 44.1. The highest BCUT2D eigenvalue weighted by molar-refractivity contribution is 6.34. The van der Waals surface area contributed by atoms with Crippen LogP contribution in [0.15, 0.2) is 54.1 Å². The van der Waals surface area contributed by atoms with Gasteiger partial charge in [-0.2, -0.15) is 13.2 Å². The lowest BCUT2D eigenvalue weighted by molar-refractivity contribution is -0.242. The Morgan fingerprint density at radius 2 is 1.61 bits per heavy atom. The van der Waals surface area contributed by atoms with Gasteiger partial charge in [0.25, 0.3) is 17.4 Å². The zero-order valence-corrected chi connectivity index (χ0v) is 25.9. The van der Waals surface area contributed by atoms with Crippen LogP contribution in [0.4, 0.5) is 18.9 Å². The van der Waals surface area contributed by atoms with Gasteiger partial charge < -0.3 is 25.1 Å². The predicted octanol–water partition coefficient (Wildman–Crippen LogP) is 3.89. The zero-order valence-electron chi connectivity index (χ0n) is 24.4. The van der Waals surface area contributed by atoms with Crippen LogP contribution in [-0.2, 0) is 9.59 Å². The summed E-state index contributed by atoms with van der Waals surface area (Å²) < 4.78 is 42.0. The average molecular weight is 659 g/mol. The van der Waals surface area contributed by atoms with E-state index in [-0.39, 0.29) is 42.0 Å². The third kappa shape index (κ3) is 7.09. The van der Waals surface area contributed by atoms with Crippen molar-refractivity contribution in [3.05, 3.63) is 64.7 Å². The molecule has 1 atom stereocenters. The molecule has 44 heavy (non-hydrogen) atoms. The molecule has 3 fully saturated rings. The molecule has 3 saturated heterocycles. The van der Waals surface area contributed by atoms with Gasteiger partial charge in [-0.15, -0.1) is 0 Å². The monoisotopic (exact) mass is 657 g/mol. The number of piperazine rings is 1. The summed E-state index contributed by atoms with van der Waals surface area (Å²) >= 11 is 12.1. The third-order valence-electron chi connectivity index (χ3n) is 8.43. The fourth-order valence-electron chi connectivity index (χ4n) is 5.86. The van der Waals surface area contributed by atoms with Gasteiger partial charge in [0.15, 0.2) is 0 Å². The largest absolute Gasteiger partial charge is 0.430 e. The molecule has 0 bridgehead atoms. The molecule has 3 amide bonds. The van der Waals surface area contributed by atoms with Gasteiger partial charge >= 0.3 is 6.18 Å². The van der Waals surface area contributed by atoms with Crippen molar-refractivity contribution in [3.8, 4) is 0 Å². The van der Waals surface area contributed by atoms with Gasteiger partial charge in [0.1, 0.15) is 0 Å². The maximum Gasteiger partial charge on any atom is 0.430 e. The summed E-state index contributed by atoms with van der Waals surface area (Å²) in [7, 11) is 0. The molecule has 3 heterocycles. The number of piperidine rings is 1. The lowest BCUT2D eigenvalue weighted by Crippen LogP contribution is -2.63. The molecular weight excluding hydrogens is 622 g/mol. The van der Waals surface area contributed by atoms with Crippen molar-refractivity contribution in [1.29, 1.82) is 0 Å². The molecule has 1 aromatic rings. The van der Waals surface area contributed by atoms with Crippen LogP contribution in [0.25, 0.3) is 0 Å². The molecular formula is C30H36Cl2F3N5O4. The summed E-state index contributed by atoms with van der Waals surface area (Å²) in [6.45, 7) is 11.5. The topological polar surface area (TPSA) is 96.4 Å². The zero-order chi connectivity index (χ0) is 32.4. The molecule has 0 aliphatic carbocycles. The molecule has 0 saturated carbocycles. The molecule has 0 spiro atoms. The van der Waals surface area contributed by atoms with Crippen LogP contribution in [0, 0.1) is 0 Å². The van der Waals surface area contributed by atoms with Gasteiger partial charge in [-0.25, -0.2) is 0 Å². The van der Waals surface area contributed by atoms with Crippen LogP contribution in [0.3, 0.4) is 0 Å². The molecule has 4 rings (SSSR count). The number of hydrogen-bond acceptors (Lipinski definition) is 6. The number of nitrogens with zero attached hydrogens (tertiary/aromatic N) is 4. The molecule has 14 heteroatoms. The fourth-order valence-corrected chi connectivity index (χ4v) is 6.24. The van der Waals surface area contributed by atoms with E-state index in [1.54, 1.807) is 28.0 Å². The van der Waals surface area contributed by atoms with E-state index in [9.17, 15) is 32.7 Å². The first-order chi connectivity index (χ1) is 20.6. The first kappa shape index (κ1) is 33.8. The number of carbonyl (C=O) groups excluding carboxylic acids is 3. The summed E-state index contributed by atoms with van der Waals surface area (Å²) in [5.74, 6) is -1.66. The number of anilines is 1. The van der Waals surface area contributed by atoms with Crippen molar-refractivity contribution in [2.24, 2.45) is 0 Å². The standard InChI is InChI=1S/C30H36Cl2F3N5O4/c1-4-21(15-19(2)31)29(44,30(33,34)35)28(43)39-9-7-24(8-10-39)40-17-23(18-40)36-22-5-6-25(26(32)16-22)27(42)38-13-11-37(12-14-38)20(3)41/h4-6,15-16,23-24,36,44H,1-2,7-14,17-18H2,3H3/b21-15+. The number of likely N-dealkylation sites (tertiary alicyclic amines) is 2. The number of benzene rings is 1. The summed E-state index contributed by atoms with van der Waals surface area (Å²) in [5, 5.41) is 14.1. The smallest absolute Gasteiger partial charge is 0.380 e. The van der Waals surface area contributed by atoms with Crippen LogP contribution in [0.2, 0.25) is 5.02 Å². The Hall–Kier alpha value is -3.06. The Morgan fingerprint density at radius 1 is 1.02 bits per heavy atom. The van der Waals surface area contributed by atoms with Gasteiger partial charge in [-0.3, -0.25) is 19.3 Å². The van der Waals surface area contributed by atoms with E-state index in [0.29, 0.717) is 62.7 Å². The Kier molecular flexibility index (Phi) is 10.4. The molecule has 3 aliphatic rings. The normalized spacial score (nSPS) is 20.5. The second kappa shape index (κ2) is 13.5. The van der Waals surface area contributed by atoms with Crippen LogP contribution in [0.1, 0.15) is 30.1 Å². The predicted molar refractivity (Wildman–Crippen MR) is 162 cm³/mol. The van der Waals surface area contributed by atoms with E-state index >= 15 is 0 Å². The van der Waals surface area contributed by atoms with Crippen LogP contribution < -0.4 is 5.32 Å². The first-order valence-corrected chi connectivity index (χ1v) is 15.0. The van der Waals surface area contributed by atoms with Crippen molar-refractivity contribution >= 4 is 46.6 Å². The second-order valence-corrected chi connectivity index (χ2v) is 12.2. The number of allylic oxidation sites excluding steroid dienone is 2. The molecule has 1 aromatic carbocycles. The number of rotatable bonds is 8. The summed E-state index contributed by atoms with van der Waals surface area (Å²) in [5.41, 5.74) is -3.41. The van der Waals surface area contributed by atoms with Crippen LogP contribution in [0.5, 0.6) is 0 Å². The quantitative estimate of drug-likeness (QED) is 0.412. The Labute approximate surface area is 264 Å². The highest BCUT2D eigenvalue weighted by atomic mass is 35.5. The van der Waals surface area contributed by atoms with E-state index in [4.69, 9.17) is 23.2 Å². The van der Waals surface area contributed by atoms with Gasteiger partial charge in [0.2, 0.25) is 5.91 Å². The molecule has 2 N–H and O–H groups in total. The average Bonchev–Trinajstić information content (AvgIpc) is 2.96. The summed E-state index contributed by atoms with van der Waals surface area (Å²) in [6, 6.07) is 5.36. The van der Waals surface area contributed by atoms with Gasteiger partial charge in [0.05, 0.1) is 16.6 Å². The molecule has 0 radical (unpaired) electrons. The van der Waals surface area contributed by atoms with E-state index in [2.05, 4.69) is 23.4 Å². The molecule has 3 aliphatic heterocycles. The molecule has 240 valence electrons. The second-order valence-electron chi connectivity index (χ2n) is 11.3. The highest BCUT2D eigenvalue weighted by Crippen LogP contribution is 2.40. The Balaban J connectivity index is 1.28. The Bertz CT molecular complexity index is 1330. The van der Waals surface area contributed by atoms with E-state index < -0.39 is 23.3 Å². The number of nitrogens with one attached hydrogen (secondary N) is 1. The minimum absolute atomic E-state index is 0.0135. The lowest BCUT2D eigenvalue weighted by atomic mass is 9.89. The minimum Gasteiger partial charge on any atom is -0.380 e. The number of amides is 3. The van der Waals surface area contributed by atoms with Crippen molar-refractivity contribution in [1.82, 2.24) is 19.6 Å². The van der Waals surface area contributed by atoms with Crippen LogP contribution in [-0.4, -0.2) is 119 Å². The fraction of sp³-hybridized carbons (Fsp3) is 0.500. The number of hydrogen-bond donors (Lipinski definition) is 2. The maximum absolute atomic E-state index is 14.0. The third-order valence-corrected chi connectivity index (χ3v) is 8.85. The van der Waals surface area contributed by atoms with Crippen molar-refractivity contribution in [3.63, 3.8) is 0 Å². The van der Waals surface area contributed by atoms with E-state index in [1.807, 2.05) is 0 Å². The van der Waals surface area contributed by atoms with E-state index in [1.165, 1.54) is 6.92 Å². The lowest BCUT2D eigenvalue weighted by Gasteiger charge is -2.48. The minimum atomic E-state index is -5.29. The molecule has 9 nitrogen and oxygen atoms in total. The number of alkyl halides is 3. The number of carbonyl (C=O) groups is 3. The SMILES string of the molecule is C=C/C(=C\C(=C)Cl)C(O)(C(=O)N1CCC(N2CC(Nc3ccc(C(=O)N4CCN(C(C)=O)CC4)c(Cl)c3)C2)CC1)C(F)(F)F. The van der Waals surface area contributed by atoms with Crippen LogP contribution >= 0.6 is 23.2 Å². The maximum atomic E-state index is 14.0. The van der Waals surface area contributed by atoms with Crippen molar-refractivity contribution in [2.75, 3.05) is 57.7 Å². The number of aliphatic hydroxyl groups is 1. The first-order valence-electron chi connectivity index (χ1n) is 14.3. The van der Waals surface area contributed by atoms with Crippen molar-refractivity contribution < 1.29 is 32.7 Å². The Morgan fingerprint density at radius 3 is 2.11 bits per heavy atom. The van der Waals surface area contributed by atoms with Crippen molar-refractivity contribution in [2.45, 2.75) is 43.6 Å². The number of halogens is 5. The summed E-state index contributed by atoms with van der Waals surface area (Å²) in [6.07, 6.45) is -2.84. The van der Waals surface area contributed by atoms with E-state index in [0.717, 1.165) is 22.7 Å².